The third kappa shape index (κ3) is 2.15. The number of rotatable bonds is 2. The van der Waals surface area contributed by atoms with Gasteiger partial charge in [0.25, 0.3) is 0 Å². The fourth-order valence-corrected chi connectivity index (χ4v) is 2.66. The van der Waals surface area contributed by atoms with Crippen LogP contribution in [-0.2, 0) is 0 Å². The maximum atomic E-state index is 4.25. The number of aryl methyl sites for hydroxylation is 1. The summed E-state index contributed by atoms with van der Waals surface area (Å²) in [5.41, 5.74) is 2.29. The first-order valence-electron chi connectivity index (χ1n) is 4.62. The highest BCUT2D eigenvalue weighted by Gasteiger charge is 2.15. The number of hydrogen-bond acceptors (Lipinski definition) is 3. The molecule has 0 radical (unpaired) electrons. The van der Waals surface area contributed by atoms with Gasteiger partial charge < -0.3 is 5.32 Å². The van der Waals surface area contributed by atoms with Gasteiger partial charge in [0.05, 0.1) is 11.4 Å². The van der Waals surface area contributed by atoms with Crippen LogP contribution in [0.5, 0.6) is 0 Å². The van der Waals surface area contributed by atoms with Gasteiger partial charge in [-0.1, -0.05) is 0 Å². The maximum absolute atomic E-state index is 4.25. The van der Waals surface area contributed by atoms with Crippen molar-refractivity contribution in [3.8, 4) is 0 Å². The Balaban J connectivity index is 2.04. The van der Waals surface area contributed by atoms with E-state index in [4.69, 9.17) is 0 Å². The summed E-state index contributed by atoms with van der Waals surface area (Å²) in [4.78, 5) is 4.25. The van der Waals surface area contributed by atoms with Gasteiger partial charge in [-0.3, -0.25) is 4.98 Å². The van der Waals surface area contributed by atoms with Crippen LogP contribution in [0.15, 0.2) is 18.3 Å². The highest BCUT2D eigenvalue weighted by atomic mass is 32.2. The lowest BCUT2D eigenvalue weighted by molar-refractivity contribution is 0.810. The number of thioether (sulfide) groups is 1. The number of nitrogens with one attached hydrogen (secondary N) is 1. The number of nitrogens with zero attached hydrogens (tertiary/aromatic N) is 1. The highest BCUT2D eigenvalue weighted by Crippen LogP contribution is 2.22. The Morgan fingerprint density at radius 3 is 3.23 bits per heavy atom. The maximum Gasteiger partial charge on any atom is 0.0603 e. The molecule has 1 aliphatic rings. The summed E-state index contributed by atoms with van der Waals surface area (Å²) in [7, 11) is 0. The molecule has 70 valence electrons. The van der Waals surface area contributed by atoms with Crippen molar-refractivity contribution in [3.05, 3.63) is 24.0 Å². The van der Waals surface area contributed by atoms with E-state index in [0.717, 1.165) is 5.69 Å². The normalized spacial score (nSPS) is 21.8. The lowest BCUT2D eigenvalue weighted by atomic mass is 10.2. The zero-order chi connectivity index (χ0) is 9.10. The van der Waals surface area contributed by atoms with Gasteiger partial charge in [0.15, 0.2) is 0 Å². The van der Waals surface area contributed by atoms with Gasteiger partial charge in [0.2, 0.25) is 0 Å². The van der Waals surface area contributed by atoms with Crippen molar-refractivity contribution in [1.29, 1.82) is 0 Å². The predicted molar refractivity (Wildman–Crippen MR) is 58.3 cm³/mol. The van der Waals surface area contributed by atoms with Crippen molar-refractivity contribution in [1.82, 2.24) is 4.98 Å². The van der Waals surface area contributed by atoms with Crippen LogP contribution in [-0.4, -0.2) is 22.5 Å². The Bertz CT molecular complexity index is 282. The zero-order valence-electron chi connectivity index (χ0n) is 7.79. The molecule has 0 bridgehead atoms. The molecule has 3 heteroatoms. The summed E-state index contributed by atoms with van der Waals surface area (Å²) in [6, 6.07) is 4.73. The van der Waals surface area contributed by atoms with E-state index in [-0.39, 0.29) is 0 Å². The molecule has 2 heterocycles. The van der Waals surface area contributed by atoms with Crippen molar-refractivity contribution in [2.75, 3.05) is 16.8 Å². The molecule has 1 aliphatic heterocycles. The second kappa shape index (κ2) is 4.01. The molecule has 0 aliphatic carbocycles. The largest absolute Gasteiger partial charge is 0.380 e. The van der Waals surface area contributed by atoms with E-state index in [1.807, 2.05) is 30.9 Å². The van der Waals surface area contributed by atoms with E-state index in [0.29, 0.717) is 6.04 Å². The topological polar surface area (TPSA) is 24.9 Å². The Labute approximate surface area is 83.1 Å². The number of pyridine rings is 1. The van der Waals surface area contributed by atoms with Gasteiger partial charge in [0.1, 0.15) is 0 Å². The highest BCUT2D eigenvalue weighted by molar-refractivity contribution is 7.99. The van der Waals surface area contributed by atoms with E-state index < -0.39 is 0 Å². The first kappa shape index (κ1) is 8.88. The van der Waals surface area contributed by atoms with Crippen LogP contribution in [0.3, 0.4) is 0 Å². The van der Waals surface area contributed by atoms with Gasteiger partial charge >= 0.3 is 0 Å². The molecular formula is C10H14N2S. The zero-order valence-corrected chi connectivity index (χ0v) is 8.60. The van der Waals surface area contributed by atoms with Gasteiger partial charge in [-0.2, -0.15) is 11.8 Å². The van der Waals surface area contributed by atoms with Crippen LogP contribution < -0.4 is 5.32 Å². The van der Waals surface area contributed by atoms with Gasteiger partial charge in [0, 0.05) is 18.0 Å². The van der Waals surface area contributed by atoms with E-state index >= 15 is 0 Å². The molecule has 1 fully saturated rings. The minimum atomic E-state index is 0.646. The first-order valence-corrected chi connectivity index (χ1v) is 5.77. The molecule has 0 amide bonds. The molecule has 0 spiro atoms. The molecule has 2 rings (SSSR count). The quantitative estimate of drug-likeness (QED) is 0.782. The van der Waals surface area contributed by atoms with Crippen LogP contribution in [0.2, 0.25) is 0 Å². The molecule has 1 aromatic heterocycles. The Hall–Kier alpha value is -0.700. The van der Waals surface area contributed by atoms with Gasteiger partial charge in [-0.05, 0) is 31.2 Å². The summed E-state index contributed by atoms with van der Waals surface area (Å²) in [5, 5.41) is 3.53. The van der Waals surface area contributed by atoms with Gasteiger partial charge in [-0.15, -0.1) is 0 Å². The van der Waals surface area contributed by atoms with Crippen molar-refractivity contribution >= 4 is 17.4 Å². The second-order valence-corrected chi connectivity index (χ2v) is 4.49. The minimum Gasteiger partial charge on any atom is -0.380 e. The van der Waals surface area contributed by atoms with Crippen LogP contribution in [0, 0.1) is 6.92 Å². The SMILES string of the molecule is Cc1ncccc1N[C@@H]1CCSC1. The van der Waals surface area contributed by atoms with Crippen LogP contribution in [0.4, 0.5) is 5.69 Å². The molecule has 1 saturated heterocycles. The standard InChI is InChI=1S/C10H14N2S/c1-8-10(3-2-5-11-8)12-9-4-6-13-7-9/h2-3,5,9,12H,4,6-7H2,1H3/t9-/m1/s1. The van der Waals surface area contributed by atoms with E-state index in [1.54, 1.807) is 0 Å². The molecule has 0 saturated carbocycles. The van der Waals surface area contributed by atoms with Crippen molar-refractivity contribution in [3.63, 3.8) is 0 Å². The third-order valence-corrected chi connectivity index (χ3v) is 3.46. The number of hydrogen-bond donors (Lipinski definition) is 1. The van der Waals surface area contributed by atoms with Crippen LogP contribution in [0.1, 0.15) is 12.1 Å². The smallest absolute Gasteiger partial charge is 0.0603 e. The average molecular weight is 194 g/mol. The molecule has 0 unspecified atom stereocenters. The van der Waals surface area contributed by atoms with E-state index in [2.05, 4.69) is 16.4 Å². The van der Waals surface area contributed by atoms with Crippen molar-refractivity contribution in [2.45, 2.75) is 19.4 Å². The lowest BCUT2D eigenvalue weighted by Crippen LogP contribution is -2.18. The van der Waals surface area contributed by atoms with Crippen LogP contribution >= 0.6 is 11.8 Å². The number of anilines is 1. The van der Waals surface area contributed by atoms with Crippen molar-refractivity contribution < 1.29 is 0 Å². The Morgan fingerprint density at radius 1 is 1.62 bits per heavy atom. The molecule has 0 aromatic carbocycles. The lowest BCUT2D eigenvalue weighted by Gasteiger charge is -2.13. The summed E-state index contributed by atoms with van der Waals surface area (Å²) < 4.78 is 0. The second-order valence-electron chi connectivity index (χ2n) is 3.34. The van der Waals surface area contributed by atoms with Gasteiger partial charge in [-0.25, -0.2) is 0 Å². The summed E-state index contributed by atoms with van der Waals surface area (Å²) in [6.07, 6.45) is 3.11. The van der Waals surface area contributed by atoms with Crippen LogP contribution in [0.25, 0.3) is 0 Å². The molecule has 1 N–H and O–H groups in total. The molecule has 13 heavy (non-hydrogen) atoms. The average Bonchev–Trinajstić information content (AvgIpc) is 2.61. The molecular weight excluding hydrogens is 180 g/mol. The first-order chi connectivity index (χ1) is 6.36. The Kier molecular flexibility index (Phi) is 2.74. The molecule has 2 nitrogen and oxygen atoms in total. The Morgan fingerprint density at radius 2 is 2.54 bits per heavy atom. The monoisotopic (exact) mass is 194 g/mol. The predicted octanol–water partition coefficient (Wildman–Crippen LogP) is 2.31. The molecule has 1 aromatic rings. The summed E-state index contributed by atoms with van der Waals surface area (Å²) >= 11 is 2.02. The van der Waals surface area contributed by atoms with Crippen molar-refractivity contribution in [2.24, 2.45) is 0 Å². The minimum absolute atomic E-state index is 0.646. The third-order valence-electron chi connectivity index (χ3n) is 2.30. The number of aromatic nitrogens is 1. The van der Waals surface area contributed by atoms with E-state index in [1.165, 1.54) is 23.6 Å². The fourth-order valence-electron chi connectivity index (χ4n) is 1.51. The molecule has 1 atom stereocenters. The summed E-state index contributed by atoms with van der Waals surface area (Å²) in [5.74, 6) is 2.52. The summed E-state index contributed by atoms with van der Waals surface area (Å²) in [6.45, 7) is 2.05. The van der Waals surface area contributed by atoms with E-state index in [9.17, 15) is 0 Å². The fraction of sp³-hybridized carbons (Fsp3) is 0.500.